The highest BCUT2D eigenvalue weighted by Gasteiger charge is 2.37. The maximum Gasteiger partial charge on any atom is 0.331 e. The monoisotopic (exact) mass is 600 g/mol. The van der Waals surface area contributed by atoms with Crippen molar-refractivity contribution in [2.75, 3.05) is 19.8 Å². The average molecular weight is 602 g/mol. The van der Waals surface area contributed by atoms with Gasteiger partial charge in [0.15, 0.2) is 6.04 Å². The first kappa shape index (κ1) is 25.5. The fraction of sp³-hybridized carbons (Fsp3) is 0.296. The van der Waals surface area contributed by atoms with E-state index < -0.39 is 17.6 Å². The Morgan fingerprint density at radius 1 is 1.06 bits per heavy atom. The summed E-state index contributed by atoms with van der Waals surface area (Å²) in [4.78, 5) is 33.0. The minimum atomic E-state index is -0.812. The quantitative estimate of drug-likeness (QED) is 0.337. The topological polar surface area (TPSA) is 68.7 Å². The molecule has 3 aromatic rings. The molecule has 0 saturated carbocycles. The molecule has 1 aliphatic heterocycles. The molecule has 182 valence electrons. The zero-order valence-electron chi connectivity index (χ0n) is 19.8. The number of ether oxygens (including phenoxy) is 2. The van der Waals surface area contributed by atoms with Gasteiger partial charge in [0.25, 0.3) is 5.91 Å². The van der Waals surface area contributed by atoms with E-state index >= 15 is 0 Å². The first-order chi connectivity index (χ1) is 16.6. The lowest BCUT2D eigenvalue weighted by Gasteiger charge is -2.35. The van der Waals surface area contributed by atoms with Crippen LogP contribution >= 0.6 is 31.9 Å². The van der Waals surface area contributed by atoms with Crippen molar-refractivity contribution in [2.24, 2.45) is 0 Å². The van der Waals surface area contributed by atoms with E-state index in [9.17, 15) is 9.59 Å². The van der Waals surface area contributed by atoms with E-state index in [0.29, 0.717) is 35.3 Å². The molecule has 4 rings (SSSR count). The molecule has 1 aromatic heterocycles. The molecular weight excluding hydrogens is 576 g/mol. The molecule has 1 saturated heterocycles. The highest BCUT2D eigenvalue weighted by molar-refractivity contribution is 9.10. The Morgan fingerprint density at radius 3 is 2.49 bits per heavy atom. The van der Waals surface area contributed by atoms with Gasteiger partial charge in [-0.2, -0.15) is 0 Å². The molecule has 35 heavy (non-hydrogen) atoms. The Hall–Kier alpha value is -2.55. The molecule has 6 nitrogen and oxygen atoms in total. The second-order valence-electron chi connectivity index (χ2n) is 9.26. The van der Waals surface area contributed by atoms with Crippen molar-refractivity contribution in [1.82, 2.24) is 9.88 Å². The Kier molecular flexibility index (Phi) is 7.73. The Balaban J connectivity index is 1.73. The highest BCUT2D eigenvalue weighted by Crippen LogP contribution is 2.27. The predicted molar refractivity (Wildman–Crippen MR) is 144 cm³/mol. The average Bonchev–Trinajstić information content (AvgIpc) is 2.82. The lowest BCUT2D eigenvalue weighted by Crippen LogP contribution is -2.54. The van der Waals surface area contributed by atoms with Crippen molar-refractivity contribution < 1.29 is 19.1 Å². The molecule has 8 heteroatoms. The SMILES string of the molecule is CC(C)(C)OC(=O)C1COCCN1C(=O)c1cc(/C=C/c2ccc(Br)cc2)nc2ccc(Br)cc12. The number of hydrogen-bond acceptors (Lipinski definition) is 5. The molecule has 1 atom stereocenters. The maximum absolute atomic E-state index is 13.9. The summed E-state index contributed by atoms with van der Waals surface area (Å²) in [7, 11) is 0. The van der Waals surface area contributed by atoms with Gasteiger partial charge in [-0.05, 0) is 68.8 Å². The van der Waals surface area contributed by atoms with Crippen LogP contribution < -0.4 is 0 Å². The molecule has 1 fully saturated rings. The fourth-order valence-electron chi connectivity index (χ4n) is 3.80. The van der Waals surface area contributed by atoms with Gasteiger partial charge in [-0.25, -0.2) is 9.78 Å². The van der Waals surface area contributed by atoms with Gasteiger partial charge in [0.05, 0.1) is 30.0 Å². The van der Waals surface area contributed by atoms with Crippen LogP contribution in [0, 0.1) is 0 Å². The van der Waals surface area contributed by atoms with Crippen molar-refractivity contribution in [3.63, 3.8) is 0 Å². The summed E-state index contributed by atoms with van der Waals surface area (Å²) in [5.74, 6) is -0.728. The molecular formula is C27H26Br2N2O4. The number of fused-ring (bicyclic) bond motifs is 1. The number of morpholine rings is 1. The number of halogens is 2. The van der Waals surface area contributed by atoms with E-state index in [0.717, 1.165) is 14.5 Å². The van der Waals surface area contributed by atoms with Crippen LogP contribution in [0.4, 0.5) is 0 Å². The Morgan fingerprint density at radius 2 is 1.77 bits per heavy atom. The van der Waals surface area contributed by atoms with Crippen LogP contribution in [0.15, 0.2) is 57.5 Å². The molecule has 0 aliphatic carbocycles. The molecule has 1 amide bonds. The third kappa shape index (κ3) is 6.37. The van der Waals surface area contributed by atoms with E-state index in [4.69, 9.17) is 14.5 Å². The number of amides is 1. The van der Waals surface area contributed by atoms with Gasteiger partial charge in [-0.3, -0.25) is 4.79 Å². The lowest BCUT2D eigenvalue weighted by atomic mass is 10.0. The van der Waals surface area contributed by atoms with Crippen molar-refractivity contribution in [1.29, 1.82) is 0 Å². The largest absolute Gasteiger partial charge is 0.458 e. The number of rotatable bonds is 4. The van der Waals surface area contributed by atoms with E-state index in [1.54, 1.807) is 31.7 Å². The van der Waals surface area contributed by atoms with Gasteiger partial charge in [0.1, 0.15) is 5.60 Å². The maximum atomic E-state index is 13.9. The summed E-state index contributed by atoms with van der Waals surface area (Å²) in [6.45, 7) is 6.17. The number of carbonyl (C=O) groups is 2. The van der Waals surface area contributed by atoms with Crippen LogP contribution in [-0.2, 0) is 14.3 Å². The molecule has 0 N–H and O–H groups in total. The lowest BCUT2D eigenvalue weighted by molar-refractivity contribution is -0.165. The van der Waals surface area contributed by atoms with Crippen LogP contribution in [0.2, 0.25) is 0 Å². The second kappa shape index (κ2) is 10.6. The van der Waals surface area contributed by atoms with Crippen molar-refractivity contribution in [2.45, 2.75) is 32.4 Å². The fourth-order valence-corrected chi connectivity index (χ4v) is 4.43. The first-order valence-electron chi connectivity index (χ1n) is 11.3. The summed E-state index contributed by atoms with van der Waals surface area (Å²) < 4.78 is 12.9. The van der Waals surface area contributed by atoms with E-state index in [1.165, 1.54) is 0 Å². The van der Waals surface area contributed by atoms with Crippen LogP contribution in [0.5, 0.6) is 0 Å². The zero-order chi connectivity index (χ0) is 25.2. The third-order valence-electron chi connectivity index (χ3n) is 5.41. The summed E-state index contributed by atoms with van der Waals surface area (Å²) >= 11 is 6.95. The number of hydrogen-bond donors (Lipinski definition) is 0. The summed E-state index contributed by atoms with van der Waals surface area (Å²) in [6, 6.07) is 14.5. The summed E-state index contributed by atoms with van der Waals surface area (Å²) in [6.07, 6.45) is 3.83. The smallest absolute Gasteiger partial charge is 0.331 e. The first-order valence-corrected chi connectivity index (χ1v) is 12.8. The number of benzene rings is 2. The third-order valence-corrected chi connectivity index (χ3v) is 6.43. The highest BCUT2D eigenvalue weighted by atomic mass is 79.9. The van der Waals surface area contributed by atoms with Crippen molar-refractivity contribution in [3.05, 3.63) is 74.3 Å². The molecule has 2 aromatic carbocycles. The number of pyridine rings is 1. The van der Waals surface area contributed by atoms with Crippen molar-refractivity contribution >= 4 is 66.8 Å². The van der Waals surface area contributed by atoms with Gasteiger partial charge >= 0.3 is 5.97 Å². The molecule has 1 aliphatic rings. The van der Waals surface area contributed by atoms with E-state index in [2.05, 4.69) is 31.9 Å². The predicted octanol–water partition coefficient (Wildman–Crippen LogP) is 6.11. The minimum Gasteiger partial charge on any atom is -0.458 e. The summed E-state index contributed by atoms with van der Waals surface area (Å²) in [5, 5.41) is 0.708. The molecule has 0 radical (unpaired) electrons. The van der Waals surface area contributed by atoms with Gasteiger partial charge in [0.2, 0.25) is 0 Å². The number of nitrogens with zero attached hydrogens (tertiary/aromatic N) is 2. The molecule has 0 spiro atoms. The van der Waals surface area contributed by atoms with Gasteiger partial charge in [-0.15, -0.1) is 0 Å². The number of carbonyl (C=O) groups excluding carboxylic acids is 2. The van der Waals surface area contributed by atoms with Crippen LogP contribution in [0.3, 0.4) is 0 Å². The van der Waals surface area contributed by atoms with Crippen molar-refractivity contribution in [3.8, 4) is 0 Å². The molecule has 2 heterocycles. The number of esters is 1. The molecule has 1 unspecified atom stereocenters. The zero-order valence-corrected chi connectivity index (χ0v) is 22.9. The second-order valence-corrected chi connectivity index (χ2v) is 11.1. The van der Waals surface area contributed by atoms with Gasteiger partial charge in [-0.1, -0.05) is 50.1 Å². The van der Waals surface area contributed by atoms with E-state index in [1.807, 2.05) is 54.6 Å². The van der Waals surface area contributed by atoms with Crippen LogP contribution in [-0.4, -0.2) is 53.2 Å². The van der Waals surface area contributed by atoms with E-state index in [-0.39, 0.29) is 12.5 Å². The minimum absolute atomic E-state index is 0.101. The van der Waals surface area contributed by atoms with Crippen LogP contribution in [0.1, 0.15) is 42.4 Å². The Labute approximate surface area is 221 Å². The van der Waals surface area contributed by atoms with Crippen LogP contribution in [0.25, 0.3) is 23.1 Å². The van der Waals surface area contributed by atoms with Gasteiger partial charge in [0, 0.05) is 20.9 Å². The normalized spacial score (nSPS) is 16.6. The Bertz CT molecular complexity index is 1280. The standard InChI is InChI=1S/C27H26Br2N2O4/c1-27(2,3)35-26(33)24-16-34-13-12-31(24)25(32)22-15-20(10-6-17-4-7-18(28)8-5-17)30-23-11-9-19(29)14-21(22)23/h4-11,14-15,24H,12-13,16H2,1-3H3/b10-6+. The van der Waals surface area contributed by atoms with Gasteiger partial charge < -0.3 is 14.4 Å². The number of aromatic nitrogens is 1. The summed E-state index contributed by atoms with van der Waals surface area (Å²) in [5.41, 5.74) is 2.16. The molecule has 0 bridgehead atoms.